The molecule has 174 valence electrons. The Kier molecular flexibility index (Phi) is 7.24. The van der Waals surface area contributed by atoms with Crippen molar-refractivity contribution in [3.63, 3.8) is 0 Å². The molecule has 2 aromatic rings. The number of rotatable bonds is 6. The number of hydrogen-bond donors (Lipinski definition) is 2. The second-order valence-corrected chi connectivity index (χ2v) is 8.54. The molecule has 1 aromatic heterocycles. The molecule has 9 heteroatoms. The molecule has 0 spiro atoms. The van der Waals surface area contributed by atoms with Crippen molar-refractivity contribution in [3.8, 4) is 0 Å². The molecular weight excluding hydrogens is 407 g/mol. The van der Waals surface area contributed by atoms with E-state index in [1.54, 1.807) is 6.07 Å². The summed E-state index contributed by atoms with van der Waals surface area (Å²) in [5.74, 6) is 2.45. The second-order valence-electron chi connectivity index (χ2n) is 8.54. The summed E-state index contributed by atoms with van der Waals surface area (Å²) in [6, 6.07) is 5.75. The molecule has 0 radical (unpaired) electrons. The summed E-state index contributed by atoms with van der Waals surface area (Å²) in [4.78, 5) is 13.7. The van der Waals surface area contributed by atoms with Crippen molar-refractivity contribution >= 4 is 11.6 Å². The first-order valence-electron chi connectivity index (χ1n) is 11.8. The van der Waals surface area contributed by atoms with E-state index in [4.69, 9.17) is 4.99 Å². The molecule has 3 heterocycles. The average Bonchev–Trinajstić information content (AvgIpc) is 3.17. The normalized spacial score (nSPS) is 19.7. The van der Waals surface area contributed by atoms with Crippen molar-refractivity contribution in [2.45, 2.75) is 52.7 Å². The smallest absolute Gasteiger partial charge is 0.191 e. The number of nitrogens with zero attached hydrogens (tertiary/aromatic N) is 6. The number of benzene rings is 1. The molecule has 0 aliphatic carbocycles. The largest absolute Gasteiger partial charge is 0.367 e. The summed E-state index contributed by atoms with van der Waals surface area (Å²) in [6.45, 7) is 12.9. The maximum atomic E-state index is 14.9. The molecule has 1 unspecified atom stereocenters. The number of likely N-dealkylation sites (N-methyl/N-ethyl adjacent to an activating group) is 1. The molecule has 8 nitrogen and oxygen atoms in total. The molecular formula is C23H35FN8. The lowest BCUT2D eigenvalue weighted by Gasteiger charge is -2.35. The third kappa shape index (κ3) is 5.38. The van der Waals surface area contributed by atoms with E-state index in [2.05, 4.69) is 37.4 Å². The topological polar surface area (TPSA) is 73.6 Å². The summed E-state index contributed by atoms with van der Waals surface area (Å²) < 4.78 is 16.8. The van der Waals surface area contributed by atoms with Crippen molar-refractivity contribution in [2.75, 3.05) is 44.2 Å². The molecule has 1 saturated heterocycles. The number of aryl methyl sites for hydroxylation is 2. The minimum atomic E-state index is -0.165. The van der Waals surface area contributed by atoms with Crippen LogP contribution in [0.1, 0.15) is 37.5 Å². The van der Waals surface area contributed by atoms with E-state index in [9.17, 15) is 4.39 Å². The fourth-order valence-corrected chi connectivity index (χ4v) is 4.45. The molecule has 1 atom stereocenters. The Labute approximate surface area is 189 Å². The highest BCUT2D eigenvalue weighted by molar-refractivity contribution is 5.80. The summed E-state index contributed by atoms with van der Waals surface area (Å²) in [5, 5.41) is 11.3. The van der Waals surface area contributed by atoms with Crippen LogP contribution in [0.3, 0.4) is 0 Å². The van der Waals surface area contributed by atoms with Crippen LogP contribution in [0, 0.1) is 12.7 Å². The zero-order valence-corrected chi connectivity index (χ0v) is 19.4. The van der Waals surface area contributed by atoms with E-state index in [0.29, 0.717) is 12.2 Å². The number of aromatic nitrogens is 3. The average molecular weight is 443 g/mol. The van der Waals surface area contributed by atoms with Crippen LogP contribution >= 0.6 is 0 Å². The van der Waals surface area contributed by atoms with E-state index < -0.39 is 0 Å². The van der Waals surface area contributed by atoms with Gasteiger partial charge in [0, 0.05) is 45.2 Å². The molecule has 0 amide bonds. The van der Waals surface area contributed by atoms with Gasteiger partial charge in [0.1, 0.15) is 17.5 Å². The monoisotopic (exact) mass is 442 g/mol. The number of hydrogen-bond acceptors (Lipinski definition) is 5. The van der Waals surface area contributed by atoms with Crippen LogP contribution in [0.5, 0.6) is 0 Å². The summed E-state index contributed by atoms with van der Waals surface area (Å²) >= 11 is 0. The van der Waals surface area contributed by atoms with E-state index in [0.717, 1.165) is 81.8 Å². The third-order valence-electron chi connectivity index (χ3n) is 6.24. The SMILES string of the molecule is CCNC(=NCc1ccc(N2CCN(CC)CC2)c(F)c1)NC1CCc2nc(C)nn2C1. The Bertz CT molecular complexity index is 932. The van der Waals surface area contributed by atoms with E-state index in [-0.39, 0.29) is 11.9 Å². The lowest BCUT2D eigenvalue weighted by Crippen LogP contribution is -2.47. The van der Waals surface area contributed by atoms with Gasteiger partial charge < -0.3 is 20.4 Å². The fraction of sp³-hybridized carbons (Fsp3) is 0.609. The molecule has 0 saturated carbocycles. The fourth-order valence-electron chi connectivity index (χ4n) is 4.45. The van der Waals surface area contributed by atoms with Gasteiger partial charge in [-0.25, -0.2) is 19.0 Å². The standard InChI is InChI=1S/C23H35FN8/c1-4-25-23(28-19-7-9-22-27-17(3)29-32(22)16-19)26-15-18-6-8-21(20(24)14-18)31-12-10-30(5-2)11-13-31/h6,8,14,19H,4-5,7,9-13,15-16H2,1-3H3,(H2,25,26,28). The number of fused-ring (bicyclic) bond motifs is 1. The predicted octanol–water partition coefficient (Wildman–Crippen LogP) is 1.94. The lowest BCUT2D eigenvalue weighted by atomic mass is 10.1. The van der Waals surface area contributed by atoms with Crippen LogP contribution in [-0.4, -0.2) is 70.9 Å². The van der Waals surface area contributed by atoms with Gasteiger partial charge in [-0.15, -0.1) is 0 Å². The minimum absolute atomic E-state index is 0.165. The van der Waals surface area contributed by atoms with Crippen LogP contribution < -0.4 is 15.5 Å². The molecule has 32 heavy (non-hydrogen) atoms. The van der Waals surface area contributed by atoms with E-state index in [1.165, 1.54) is 0 Å². The van der Waals surface area contributed by atoms with Gasteiger partial charge in [-0.2, -0.15) is 5.10 Å². The summed E-state index contributed by atoms with van der Waals surface area (Å²) in [6.07, 6.45) is 1.88. The van der Waals surface area contributed by atoms with Gasteiger partial charge >= 0.3 is 0 Å². The first-order valence-corrected chi connectivity index (χ1v) is 11.8. The van der Waals surface area contributed by atoms with Gasteiger partial charge in [-0.3, -0.25) is 0 Å². The van der Waals surface area contributed by atoms with Crippen molar-refractivity contribution in [1.82, 2.24) is 30.3 Å². The maximum Gasteiger partial charge on any atom is 0.191 e. The van der Waals surface area contributed by atoms with Gasteiger partial charge in [-0.05, 0) is 44.5 Å². The quantitative estimate of drug-likeness (QED) is 0.526. The summed E-state index contributed by atoms with van der Waals surface area (Å²) in [5.41, 5.74) is 1.56. The molecule has 2 N–H and O–H groups in total. The zero-order chi connectivity index (χ0) is 22.5. The molecule has 0 bridgehead atoms. The Morgan fingerprint density at radius 2 is 2.03 bits per heavy atom. The van der Waals surface area contributed by atoms with Gasteiger partial charge in [-0.1, -0.05) is 13.0 Å². The Morgan fingerprint density at radius 1 is 1.22 bits per heavy atom. The van der Waals surface area contributed by atoms with Gasteiger partial charge in [0.2, 0.25) is 0 Å². The van der Waals surface area contributed by atoms with Gasteiger partial charge in [0.05, 0.1) is 18.8 Å². The number of nitrogens with one attached hydrogen (secondary N) is 2. The molecule has 4 rings (SSSR count). The van der Waals surface area contributed by atoms with Crippen molar-refractivity contribution in [1.29, 1.82) is 0 Å². The van der Waals surface area contributed by atoms with Crippen LogP contribution in [-0.2, 0) is 19.5 Å². The number of anilines is 1. The lowest BCUT2D eigenvalue weighted by molar-refractivity contribution is 0.270. The minimum Gasteiger partial charge on any atom is -0.367 e. The Hall–Kier alpha value is -2.68. The zero-order valence-electron chi connectivity index (χ0n) is 19.4. The van der Waals surface area contributed by atoms with Gasteiger partial charge in [0.25, 0.3) is 0 Å². The van der Waals surface area contributed by atoms with Crippen molar-refractivity contribution < 1.29 is 4.39 Å². The number of aliphatic imine (C=N–C) groups is 1. The van der Waals surface area contributed by atoms with Gasteiger partial charge in [0.15, 0.2) is 5.96 Å². The van der Waals surface area contributed by atoms with E-state index >= 15 is 0 Å². The predicted molar refractivity (Wildman–Crippen MR) is 126 cm³/mol. The van der Waals surface area contributed by atoms with Crippen molar-refractivity contribution in [2.24, 2.45) is 4.99 Å². The number of piperazine rings is 1. The van der Waals surface area contributed by atoms with Crippen LogP contribution in [0.2, 0.25) is 0 Å². The molecule has 1 fully saturated rings. The van der Waals surface area contributed by atoms with E-state index in [1.807, 2.05) is 30.7 Å². The highest BCUT2D eigenvalue weighted by atomic mass is 19.1. The molecule has 1 aromatic carbocycles. The first-order chi connectivity index (χ1) is 15.6. The number of guanidine groups is 1. The Morgan fingerprint density at radius 3 is 2.75 bits per heavy atom. The highest BCUT2D eigenvalue weighted by Crippen LogP contribution is 2.22. The summed E-state index contributed by atoms with van der Waals surface area (Å²) in [7, 11) is 0. The Balaban J connectivity index is 1.37. The third-order valence-corrected chi connectivity index (χ3v) is 6.24. The van der Waals surface area contributed by atoms with Crippen molar-refractivity contribution in [3.05, 3.63) is 41.2 Å². The van der Waals surface area contributed by atoms with Crippen LogP contribution in [0.25, 0.3) is 0 Å². The first kappa shape index (κ1) is 22.5. The second kappa shape index (κ2) is 10.3. The highest BCUT2D eigenvalue weighted by Gasteiger charge is 2.22. The maximum absolute atomic E-state index is 14.9. The molecule has 2 aliphatic rings. The molecule has 2 aliphatic heterocycles. The number of halogens is 1. The van der Waals surface area contributed by atoms with Crippen LogP contribution in [0.4, 0.5) is 10.1 Å². The van der Waals surface area contributed by atoms with Crippen LogP contribution in [0.15, 0.2) is 23.2 Å².